The van der Waals surface area contributed by atoms with Crippen LogP contribution in [-0.4, -0.2) is 25.2 Å². The zero-order valence-electron chi connectivity index (χ0n) is 13.9. The number of hydrogen-bond acceptors (Lipinski definition) is 5. The molecule has 124 valence electrons. The molecule has 5 heteroatoms. The maximum atomic E-state index is 8.76. The van der Waals surface area contributed by atoms with Gasteiger partial charge >= 0.3 is 0 Å². The van der Waals surface area contributed by atoms with E-state index in [1.165, 1.54) is 29.8 Å². The number of hydrogen-bond donors (Lipinski definition) is 1. The summed E-state index contributed by atoms with van der Waals surface area (Å²) in [6.07, 6.45) is 5.93. The second kappa shape index (κ2) is 6.20. The summed E-state index contributed by atoms with van der Waals surface area (Å²) in [6.45, 7) is 1.03. The first-order valence-corrected chi connectivity index (χ1v) is 8.57. The van der Waals surface area contributed by atoms with E-state index >= 15 is 0 Å². The van der Waals surface area contributed by atoms with Gasteiger partial charge in [-0.15, -0.1) is 0 Å². The van der Waals surface area contributed by atoms with Crippen molar-refractivity contribution in [2.75, 3.05) is 25.6 Å². The largest absolute Gasteiger partial charge is 0.493 e. The van der Waals surface area contributed by atoms with Gasteiger partial charge in [-0.1, -0.05) is 0 Å². The van der Waals surface area contributed by atoms with Gasteiger partial charge in [0.05, 0.1) is 12.6 Å². The quantitative estimate of drug-likeness (QED) is 0.882. The van der Waals surface area contributed by atoms with E-state index in [-0.39, 0.29) is 6.61 Å². The van der Waals surface area contributed by atoms with E-state index in [9.17, 15) is 0 Å². The lowest BCUT2D eigenvalue weighted by Crippen LogP contribution is -2.08. The lowest BCUT2D eigenvalue weighted by atomic mass is 10.1. The fourth-order valence-electron chi connectivity index (χ4n) is 3.42. The molecule has 2 aliphatic carbocycles. The summed E-state index contributed by atoms with van der Waals surface area (Å²) in [5.41, 5.74) is 4.67. The number of aromatic nitrogens is 1. The van der Waals surface area contributed by atoms with E-state index in [2.05, 4.69) is 5.32 Å². The minimum absolute atomic E-state index is 0.000402. The van der Waals surface area contributed by atoms with Crippen LogP contribution >= 0.6 is 0 Å². The molecule has 1 heterocycles. The van der Waals surface area contributed by atoms with E-state index in [4.69, 9.17) is 19.7 Å². The van der Waals surface area contributed by atoms with Crippen LogP contribution in [0, 0.1) is 17.2 Å². The molecule has 0 spiro atoms. The predicted molar refractivity (Wildman–Crippen MR) is 92.6 cm³/mol. The van der Waals surface area contributed by atoms with Crippen LogP contribution in [0.25, 0.3) is 10.9 Å². The number of benzene rings is 1. The molecule has 0 radical (unpaired) electrons. The average molecular weight is 323 g/mol. The fraction of sp³-hybridized carbons (Fsp3) is 0.474. The minimum atomic E-state index is -0.000402. The minimum Gasteiger partial charge on any atom is -0.493 e. The van der Waals surface area contributed by atoms with Crippen LogP contribution in [0.4, 0.5) is 5.69 Å². The number of ether oxygens (including phenoxy) is 2. The second-order valence-corrected chi connectivity index (χ2v) is 6.56. The van der Waals surface area contributed by atoms with E-state index in [1.807, 2.05) is 18.2 Å². The van der Waals surface area contributed by atoms with Crippen molar-refractivity contribution >= 4 is 16.6 Å². The number of methoxy groups -OCH3 is 1. The van der Waals surface area contributed by atoms with Gasteiger partial charge in [0, 0.05) is 29.4 Å². The molecule has 1 fully saturated rings. The van der Waals surface area contributed by atoms with E-state index in [1.54, 1.807) is 7.11 Å². The molecule has 1 saturated carbocycles. The normalized spacial score (nSPS) is 15.8. The number of nitrogens with zero attached hydrogens (tertiary/aromatic N) is 2. The number of pyridine rings is 1. The van der Waals surface area contributed by atoms with Gasteiger partial charge < -0.3 is 14.8 Å². The van der Waals surface area contributed by atoms with Crippen molar-refractivity contribution in [2.45, 2.75) is 32.1 Å². The maximum Gasteiger partial charge on any atom is 0.174 e. The smallest absolute Gasteiger partial charge is 0.174 e. The molecule has 0 saturated heterocycles. The van der Waals surface area contributed by atoms with E-state index in [0.29, 0.717) is 11.5 Å². The van der Waals surface area contributed by atoms with Gasteiger partial charge in [0.25, 0.3) is 0 Å². The molecule has 0 atom stereocenters. The molecule has 0 bridgehead atoms. The highest BCUT2D eigenvalue weighted by Crippen LogP contribution is 2.40. The number of anilines is 1. The Labute approximate surface area is 141 Å². The van der Waals surface area contributed by atoms with Crippen molar-refractivity contribution in [3.63, 3.8) is 0 Å². The van der Waals surface area contributed by atoms with Crippen LogP contribution in [0.1, 0.15) is 30.5 Å². The highest BCUT2D eigenvalue weighted by atomic mass is 16.5. The van der Waals surface area contributed by atoms with Gasteiger partial charge in [-0.2, -0.15) is 5.26 Å². The maximum absolute atomic E-state index is 8.76. The van der Waals surface area contributed by atoms with Crippen LogP contribution in [0.2, 0.25) is 0 Å². The lowest BCUT2D eigenvalue weighted by molar-refractivity contribution is 0.330. The molecule has 4 rings (SSSR count). The van der Waals surface area contributed by atoms with E-state index in [0.717, 1.165) is 42.6 Å². The summed E-state index contributed by atoms with van der Waals surface area (Å²) in [6, 6.07) is 5.88. The summed E-state index contributed by atoms with van der Waals surface area (Å²) in [7, 11) is 1.62. The van der Waals surface area contributed by atoms with Crippen molar-refractivity contribution in [3.05, 3.63) is 23.4 Å². The summed E-state index contributed by atoms with van der Waals surface area (Å²) < 4.78 is 11.0. The molecule has 2 aromatic rings. The van der Waals surface area contributed by atoms with Crippen LogP contribution < -0.4 is 14.8 Å². The Kier molecular flexibility index (Phi) is 3.89. The molecule has 2 aliphatic rings. The topological polar surface area (TPSA) is 67.2 Å². The zero-order valence-corrected chi connectivity index (χ0v) is 13.9. The molecular formula is C19H21N3O2. The molecule has 1 N–H and O–H groups in total. The summed E-state index contributed by atoms with van der Waals surface area (Å²) in [5.74, 6) is 2.03. The Bertz CT molecular complexity index is 822. The number of nitrogens with one attached hydrogen (secondary N) is 1. The van der Waals surface area contributed by atoms with Crippen LogP contribution in [0.3, 0.4) is 0 Å². The number of nitriles is 1. The Balaban J connectivity index is 1.82. The highest BCUT2D eigenvalue weighted by Gasteiger charge is 2.24. The van der Waals surface area contributed by atoms with Gasteiger partial charge in [0.15, 0.2) is 18.1 Å². The van der Waals surface area contributed by atoms with Gasteiger partial charge in [-0.3, -0.25) is 4.98 Å². The standard InChI is InChI=1S/C19H21N3O2/c1-23-17-9-14-16(10-18(17)24-8-7-20)22-15-4-2-3-13(15)19(14)21-11-12-5-6-12/h9-10,12H,2-6,8,11H2,1H3,(H,21,22). The molecule has 1 aromatic carbocycles. The molecule has 24 heavy (non-hydrogen) atoms. The first-order valence-electron chi connectivity index (χ1n) is 8.57. The van der Waals surface area contributed by atoms with Crippen molar-refractivity contribution in [2.24, 2.45) is 5.92 Å². The van der Waals surface area contributed by atoms with Crippen molar-refractivity contribution in [1.29, 1.82) is 5.26 Å². The monoisotopic (exact) mass is 323 g/mol. The zero-order chi connectivity index (χ0) is 16.5. The molecule has 0 aliphatic heterocycles. The third kappa shape index (κ3) is 2.73. The van der Waals surface area contributed by atoms with Gasteiger partial charge in [0.1, 0.15) is 6.07 Å². The number of rotatable bonds is 6. The molecular weight excluding hydrogens is 302 g/mol. The average Bonchev–Trinajstić information content (AvgIpc) is 3.31. The van der Waals surface area contributed by atoms with Crippen LogP contribution in [0.15, 0.2) is 12.1 Å². The first-order chi connectivity index (χ1) is 11.8. The predicted octanol–water partition coefficient (Wildman–Crippen LogP) is 3.46. The van der Waals surface area contributed by atoms with Crippen LogP contribution in [-0.2, 0) is 12.8 Å². The Morgan fingerprint density at radius 2 is 2.17 bits per heavy atom. The lowest BCUT2D eigenvalue weighted by Gasteiger charge is -2.17. The Morgan fingerprint density at radius 3 is 2.92 bits per heavy atom. The van der Waals surface area contributed by atoms with Gasteiger partial charge in [0.2, 0.25) is 0 Å². The number of fused-ring (bicyclic) bond motifs is 2. The number of aryl methyl sites for hydroxylation is 1. The fourth-order valence-corrected chi connectivity index (χ4v) is 3.42. The highest BCUT2D eigenvalue weighted by molar-refractivity contribution is 5.96. The molecule has 1 aromatic heterocycles. The summed E-state index contributed by atoms with van der Waals surface area (Å²) >= 11 is 0. The van der Waals surface area contributed by atoms with Gasteiger partial charge in [-0.05, 0) is 49.7 Å². The van der Waals surface area contributed by atoms with Crippen molar-refractivity contribution in [1.82, 2.24) is 4.98 Å². The first kappa shape index (κ1) is 15.1. The molecule has 0 unspecified atom stereocenters. The second-order valence-electron chi connectivity index (χ2n) is 6.56. The van der Waals surface area contributed by atoms with Crippen molar-refractivity contribution in [3.8, 4) is 17.6 Å². The molecule has 5 nitrogen and oxygen atoms in total. The third-order valence-corrected chi connectivity index (χ3v) is 4.85. The molecule has 0 amide bonds. The van der Waals surface area contributed by atoms with E-state index < -0.39 is 0 Å². The Hall–Kier alpha value is -2.48. The Morgan fingerprint density at radius 1 is 1.29 bits per heavy atom. The SMILES string of the molecule is COc1cc2c(NCC3CC3)c3c(nc2cc1OCC#N)CCC3. The summed E-state index contributed by atoms with van der Waals surface area (Å²) in [5, 5.41) is 13.5. The van der Waals surface area contributed by atoms with Crippen LogP contribution in [0.5, 0.6) is 11.5 Å². The summed E-state index contributed by atoms with van der Waals surface area (Å²) in [4.78, 5) is 4.84. The third-order valence-electron chi connectivity index (χ3n) is 4.85. The van der Waals surface area contributed by atoms with Gasteiger partial charge in [-0.25, -0.2) is 0 Å². The van der Waals surface area contributed by atoms with Crippen molar-refractivity contribution < 1.29 is 9.47 Å².